The SMILES string of the molecule is CNC(C)c1nnc(NCC2(OC)CCC2)o1. The van der Waals surface area contributed by atoms with Crippen LogP contribution in [0.2, 0.25) is 0 Å². The minimum atomic E-state index is -0.0384. The van der Waals surface area contributed by atoms with Crippen LogP contribution >= 0.6 is 0 Å². The van der Waals surface area contributed by atoms with Gasteiger partial charge in [0.05, 0.1) is 11.6 Å². The van der Waals surface area contributed by atoms with E-state index in [0.29, 0.717) is 11.9 Å². The maximum absolute atomic E-state index is 5.51. The molecule has 1 unspecified atom stereocenters. The smallest absolute Gasteiger partial charge is 0.315 e. The zero-order valence-electron chi connectivity index (χ0n) is 10.6. The summed E-state index contributed by atoms with van der Waals surface area (Å²) >= 11 is 0. The summed E-state index contributed by atoms with van der Waals surface area (Å²) in [6.07, 6.45) is 3.40. The van der Waals surface area contributed by atoms with Gasteiger partial charge in [-0.15, -0.1) is 5.10 Å². The molecule has 0 aromatic carbocycles. The molecule has 2 rings (SSSR count). The highest BCUT2D eigenvalue weighted by molar-refractivity contribution is 5.19. The van der Waals surface area contributed by atoms with E-state index in [2.05, 4.69) is 20.8 Å². The quantitative estimate of drug-likeness (QED) is 0.781. The molecule has 1 heterocycles. The zero-order chi connectivity index (χ0) is 12.3. The maximum Gasteiger partial charge on any atom is 0.315 e. The van der Waals surface area contributed by atoms with Crippen molar-refractivity contribution in [3.05, 3.63) is 5.89 Å². The van der Waals surface area contributed by atoms with Crippen molar-refractivity contribution in [1.82, 2.24) is 15.5 Å². The minimum Gasteiger partial charge on any atom is -0.406 e. The number of ether oxygens (including phenoxy) is 1. The number of hydrogen-bond acceptors (Lipinski definition) is 6. The number of aromatic nitrogens is 2. The molecular weight excluding hydrogens is 220 g/mol. The standard InChI is InChI=1S/C11H20N4O2/c1-8(12-2)9-14-15-10(17-9)13-7-11(16-3)5-4-6-11/h8,12H,4-7H2,1-3H3,(H,13,15). The molecule has 1 aromatic rings. The molecule has 1 aliphatic carbocycles. The van der Waals surface area contributed by atoms with E-state index in [1.807, 2.05) is 14.0 Å². The second-order valence-corrected chi connectivity index (χ2v) is 4.55. The molecule has 17 heavy (non-hydrogen) atoms. The third-order valence-electron chi connectivity index (χ3n) is 3.50. The van der Waals surface area contributed by atoms with E-state index in [-0.39, 0.29) is 11.6 Å². The third kappa shape index (κ3) is 2.58. The van der Waals surface area contributed by atoms with Gasteiger partial charge < -0.3 is 19.8 Å². The van der Waals surface area contributed by atoms with Gasteiger partial charge in [-0.25, -0.2) is 0 Å². The van der Waals surface area contributed by atoms with Crippen molar-refractivity contribution in [2.24, 2.45) is 0 Å². The van der Waals surface area contributed by atoms with E-state index in [1.165, 1.54) is 6.42 Å². The van der Waals surface area contributed by atoms with Crippen molar-refractivity contribution in [2.45, 2.75) is 37.8 Å². The van der Waals surface area contributed by atoms with Gasteiger partial charge in [0.15, 0.2) is 0 Å². The van der Waals surface area contributed by atoms with E-state index < -0.39 is 0 Å². The molecule has 6 nitrogen and oxygen atoms in total. The second-order valence-electron chi connectivity index (χ2n) is 4.55. The molecule has 0 spiro atoms. The van der Waals surface area contributed by atoms with Crippen LogP contribution in [0.3, 0.4) is 0 Å². The molecule has 0 aliphatic heterocycles. The van der Waals surface area contributed by atoms with Crippen LogP contribution in [0.15, 0.2) is 4.42 Å². The molecule has 0 radical (unpaired) electrons. The average Bonchev–Trinajstić information content (AvgIpc) is 2.76. The lowest BCUT2D eigenvalue weighted by Gasteiger charge is -2.40. The summed E-state index contributed by atoms with van der Waals surface area (Å²) in [4.78, 5) is 0. The Balaban J connectivity index is 1.89. The second kappa shape index (κ2) is 5.01. The Labute approximate surface area is 101 Å². The highest BCUT2D eigenvalue weighted by atomic mass is 16.5. The molecule has 0 bridgehead atoms. The summed E-state index contributed by atoms with van der Waals surface area (Å²) in [5, 5.41) is 14.1. The fourth-order valence-corrected chi connectivity index (χ4v) is 1.87. The van der Waals surface area contributed by atoms with Crippen molar-refractivity contribution >= 4 is 6.01 Å². The topological polar surface area (TPSA) is 72.2 Å². The summed E-state index contributed by atoms with van der Waals surface area (Å²) in [7, 11) is 3.61. The monoisotopic (exact) mass is 240 g/mol. The van der Waals surface area contributed by atoms with E-state index in [9.17, 15) is 0 Å². The molecule has 1 saturated carbocycles. The van der Waals surface area contributed by atoms with Gasteiger partial charge in [0.25, 0.3) is 0 Å². The summed E-state index contributed by atoms with van der Waals surface area (Å²) in [6, 6.07) is 0.531. The van der Waals surface area contributed by atoms with Gasteiger partial charge in [-0.3, -0.25) is 0 Å². The van der Waals surface area contributed by atoms with E-state index in [0.717, 1.165) is 19.4 Å². The van der Waals surface area contributed by atoms with Crippen molar-refractivity contribution in [2.75, 3.05) is 26.0 Å². The molecule has 2 N–H and O–H groups in total. The molecular formula is C11H20N4O2. The van der Waals surface area contributed by atoms with Gasteiger partial charge in [0.1, 0.15) is 0 Å². The van der Waals surface area contributed by atoms with Gasteiger partial charge in [-0.1, -0.05) is 5.10 Å². The molecule has 96 valence electrons. The Morgan fingerprint density at radius 2 is 2.24 bits per heavy atom. The van der Waals surface area contributed by atoms with Crippen molar-refractivity contribution in [1.29, 1.82) is 0 Å². The van der Waals surface area contributed by atoms with Gasteiger partial charge >= 0.3 is 6.01 Å². The summed E-state index contributed by atoms with van der Waals surface area (Å²) in [5.41, 5.74) is -0.0384. The van der Waals surface area contributed by atoms with Gasteiger partial charge in [-0.2, -0.15) is 0 Å². The van der Waals surface area contributed by atoms with Crippen LogP contribution in [-0.2, 0) is 4.74 Å². The van der Waals surface area contributed by atoms with Crippen LogP contribution in [0.4, 0.5) is 6.01 Å². The normalized spacial score (nSPS) is 19.7. The zero-order valence-corrected chi connectivity index (χ0v) is 10.6. The average molecular weight is 240 g/mol. The van der Waals surface area contributed by atoms with Crippen LogP contribution in [0.1, 0.15) is 38.1 Å². The lowest BCUT2D eigenvalue weighted by molar-refractivity contribution is -0.0604. The highest BCUT2D eigenvalue weighted by Crippen LogP contribution is 2.35. The third-order valence-corrected chi connectivity index (χ3v) is 3.50. The molecule has 1 fully saturated rings. The lowest BCUT2D eigenvalue weighted by Crippen LogP contribution is -2.45. The number of nitrogens with one attached hydrogen (secondary N) is 2. The highest BCUT2D eigenvalue weighted by Gasteiger charge is 2.37. The molecule has 0 amide bonds. The first-order valence-corrected chi connectivity index (χ1v) is 5.99. The van der Waals surface area contributed by atoms with Crippen LogP contribution < -0.4 is 10.6 Å². The lowest BCUT2D eigenvalue weighted by atomic mass is 9.80. The fourth-order valence-electron chi connectivity index (χ4n) is 1.87. The molecule has 1 atom stereocenters. The van der Waals surface area contributed by atoms with E-state index >= 15 is 0 Å². The maximum atomic E-state index is 5.51. The van der Waals surface area contributed by atoms with Gasteiger partial charge in [0, 0.05) is 13.7 Å². The van der Waals surface area contributed by atoms with Crippen LogP contribution in [0, 0.1) is 0 Å². The first-order valence-electron chi connectivity index (χ1n) is 5.99. The number of methoxy groups -OCH3 is 1. The number of anilines is 1. The largest absolute Gasteiger partial charge is 0.406 e. The van der Waals surface area contributed by atoms with E-state index in [1.54, 1.807) is 7.11 Å². The van der Waals surface area contributed by atoms with Crippen molar-refractivity contribution < 1.29 is 9.15 Å². The Kier molecular flexibility index (Phi) is 3.63. The Bertz CT molecular complexity index is 357. The molecule has 1 aromatic heterocycles. The number of nitrogens with zero attached hydrogens (tertiary/aromatic N) is 2. The van der Waals surface area contributed by atoms with Crippen LogP contribution in [-0.4, -0.2) is 36.5 Å². The Morgan fingerprint density at radius 3 is 2.76 bits per heavy atom. The van der Waals surface area contributed by atoms with Gasteiger partial charge in [0.2, 0.25) is 5.89 Å². The predicted molar refractivity (Wildman–Crippen MR) is 63.9 cm³/mol. The van der Waals surface area contributed by atoms with Crippen LogP contribution in [0.25, 0.3) is 0 Å². The Morgan fingerprint density at radius 1 is 1.47 bits per heavy atom. The molecule has 6 heteroatoms. The molecule has 0 saturated heterocycles. The fraction of sp³-hybridized carbons (Fsp3) is 0.818. The number of rotatable bonds is 6. The number of hydrogen-bond donors (Lipinski definition) is 2. The summed E-state index contributed by atoms with van der Waals surface area (Å²) < 4.78 is 11.0. The predicted octanol–water partition coefficient (Wildman–Crippen LogP) is 1.33. The molecule has 1 aliphatic rings. The van der Waals surface area contributed by atoms with Crippen LogP contribution in [0.5, 0.6) is 0 Å². The first kappa shape index (κ1) is 12.3. The van der Waals surface area contributed by atoms with Gasteiger partial charge in [-0.05, 0) is 33.2 Å². The minimum absolute atomic E-state index is 0.0384. The Hall–Kier alpha value is -1.14. The van der Waals surface area contributed by atoms with Crippen molar-refractivity contribution in [3.63, 3.8) is 0 Å². The summed E-state index contributed by atoms with van der Waals surface area (Å²) in [6.45, 7) is 2.69. The summed E-state index contributed by atoms with van der Waals surface area (Å²) in [5.74, 6) is 0.593. The van der Waals surface area contributed by atoms with E-state index in [4.69, 9.17) is 9.15 Å². The first-order chi connectivity index (χ1) is 8.19. The van der Waals surface area contributed by atoms with Crippen molar-refractivity contribution in [3.8, 4) is 0 Å².